The van der Waals surface area contributed by atoms with Crippen LogP contribution >= 0.6 is 0 Å². The highest BCUT2D eigenvalue weighted by Crippen LogP contribution is 2.23. The Balaban J connectivity index is 1.71. The molecule has 0 bridgehead atoms. The first-order chi connectivity index (χ1) is 10.1. The van der Waals surface area contributed by atoms with Crippen LogP contribution in [0.2, 0.25) is 0 Å². The van der Waals surface area contributed by atoms with Gasteiger partial charge in [-0.25, -0.2) is 0 Å². The van der Waals surface area contributed by atoms with Crippen molar-refractivity contribution in [1.82, 2.24) is 15.1 Å². The van der Waals surface area contributed by atoms with E-state index in [4.69, 9.17) is 0 Å². The van der Waals surface area contributed by atoms with Gasteiger partial charge in [-0.05, 0) is 64.2 Å². The highest BCUT2D eigenvalue weighted by molar-refractivity contribution is 4.88. The molecule has 3 heteroatoms. The molecule has 0 aromatic heterocycles. The monoisotopic (exact) mass is 295 g/mol. The van der Waals surface area contributed by atoms with E-state index in [2.05, 4.69) is 42.8 Å². The molecule has 0 aliphatic carbocycles. The average molecular weight is 296 g/mol. The number of nitrogens with one attached hydrogen (secondary N) is 1. The first kappa shape index (κ1) is 17.2. The molecule has 3 atom stereocenters. The van der Waals surface area contributed by atoms with Crippen molar-refractivity contribution < 1.29 is 0 Å². The first-order valence-corrected chi connectivity index (χ1v) is 9.26. The summed E-state index contributed by atoms with van der Waals surface area (Å²) in [7, 11) is 0. The van der Waals surface area contributed by atoms with Crippen LogP contribution in [0.1, 0.15) is 53.4 Å². The Morgan fingerprint density at radius 2 is 1.67 bits per heavy atom. The van der Waals surface area contributed by atoms with E-state index in [1.807, 2.05) is 0 Å². The molecule has 0 radical (unpaired) electrons. The van der Waals surface area contributed by atoms with Crippen LogP contribution in [0.3, 0.4) is 0 Å². The summed E-state index contributed by atoms with van der Waals surface area (Å²) in [4.78, 5) is 5.50. The van der Waals surface area contributed by atoms with Crippen LogP contribution < -0.4 is 5.32 Å². The van der Waals surface area contributed by atoms with Crippen LogP contribution in [-0.4, -0.2) is 61.2 Å². The van der Waals surface area contributed by atoms with E-state index in [1.54, 1.807) is 0 Å². The molecule has 3 unspecified atom stereocenters. The van der Waals surface area contributed by atoms with E-state index in [1.165, 1.54) is 51.9 Å². The Hall–Kier alpha value is -0.120. The van der Waals surface area contributed by atoms with Crippen molar-refractivity contribution in [3.05, 3.63) is 0 Å². The van der Waals surface area contributed by atoms with Crippen molar-refractivity contribution in [2.24, 2.45) is 11.8 Å². The fourth-order valence-electron chi connectivity index (χ4n) is 3.85. The third-order valence-electron chi connectivity index (χ3n) is 5.52. The largest absolute Gasteiger partial charge is 0.316 e. The molecule has 3 nitrogen and oxygen atoms in total. The van der Waals surface area contributed by atoms with Crippen molar-refractivity contribution in [3.8, 4) is 0 Å². The maximum atomic E-state index is 3.63. The maximum Gasteiger partial charge on any atom is 0.0235 e. The summed E-state index contributed by atoms with van der Waals surface area (Å²) in [5, 5.41) is 3.63. The Labute approximate surface area is 132 Å². The molecule has 0 spiro atoms. The summed E-state index contributed by atoms with van der Waals surface area (Å²) in [5.41, 5.74) is 0. The van der Waals surface area contributed by atoms with Gasteiger partial charge in [0.15, 0.2) is 0 Å². The predicted octanol–water partition coefficient (Wildman–Crippen LogP) is 2.82. The van der Waals surface area contributed by atoms with Gasteiger partial charge in [0, 0.05) is 25.2 Å². The number of rotatable bonds is 7. The molecule has 2 aliphatic heterocycles. The first-order valence-electron chi connectivity index (χ1n) is 9.26. The van der Waals surface area contributed by atoms with Crippen LogP contribution in [0.15, 0.2) is 0 Å². The molecule has 2 heterocycles. The molecule has 2 fully saturated rings. The molecule has 2 rings (SSSR count). The van der Waals surface area contributed by atoms with E-state index >= 15 is 0 Å². The number of hydrogen-bond donors (Lipinski definition) is 1. The molecule has 0 amide bonds. The standard InChI is InChI=1S/C18H37N3/c1-15(2)12-19-13-16(3)17(4)21-11-8-18(14-21)20-9-6-5-7-10-20/h15-19H,5-14H2,1-4H3. The van der Waals surface area contributed by atoms with Gasteiger partial charge in [0.05, 0.1) is 0 Å². The summed E-state index contributed by atoms with van der Waals surface area (Å²) >= 11 is 0. The molecule has 0 aromatic carbocycles. The van der Waals surface area contributed by atoms with Gasteiger partial charge < -0.3 is 5.32 Å². The normalized spacial score (nSPS) is 28.1. The molecule has 21 heavy (non-hydrogen) atoms. The molecule has 0 saturated carbocycles. The molecule has 124 valence electrons. The minimum absolute atomic E-state index is 0.708. The zero-order valence-electron chi connectivity index (χ0n) is 14.8. The van der Waals surface area contributed by atoms with E-state index in [0.29, 0.717) is 6.04 Å². The summed E-state index contributed by atoms with van der Waals surface area (Å²) < 4.78 is 0. The molecule has 2 saturated heterocycles. The fourth-order valence-corrected chi connectivity index (χ4v) is 3.85. The number of nitrogens with zero attached hydrogens (tertiary/aromatic N) is 2. The van der Waals surface area contributed by atoms with E-state index in [-0.39, 0.29) is 0 Å². The quantitative estimate of drug-likeness (QED) is 0.779. The lowest BCUT2D eigenvalue weighted by atomic mass is 10.0. The van der Waals surface area contributed by atoms with Crippen molar-refractivity contribution in [2.45, 2.75) is 65.5 Å². The Bertz CT molecular complexity index is 286. The van der Waals surface area contributed by atoms with Crippen LogP contribution in [0.5, 0.6) is 0 Å². The summed E-state index contributed by atoms with van der Waals surface area (Å²) in [6.07, 6.45) is 5.67. The Morgan fingerprint density at radius 1 is 0.952 bits per heavy atom. The zero-order valence-corrected chi connectivity index (χ0v) is 14.8. The molecular formula is C18H37N3. The van der Waals surface area contributed by atoms with Crippen molar-refractivity contribution >= 4 is 0 Å². The third kappa shape index (κ3) is 5.22. The van der Waals surface area contributed by atoms with Gasteiger partial charge in [-0.1, -0.05) is 27.2 Å². The van der Waals surface area contributed by atoms with Crippen LogP contribution in [0.25, 0.3) is 0 Å². The van der Waals surface area contributed by atoms with E-state index in [9.17, 15) is 0 Å². The predicted molar refractivity (Wildman–Crippen MR) is 91.7 cm³/mol. The van der Waals surface area contributed by atoms with Crippen molar-refractivity contribution in [2.75, 3.05) is 39.3 Å². The van der Waals surface area contributed by atoms with Gasteiger partial charge >= 0.3 is 0 Å². The molecule has 1 N–H and O–H groups in total. The summed E-state index contributed by atoms with van der Waals surface area (Å²) in [5.74, 6) is 1.49. The number of piperidine rings is 1. The van der Waals surface area contributed by atoms with Gasteiger partial charge in [-0.15, -0.1) is 0 Å². The van der Waals surface area contributed by atoms with E-state index < -0.39 is 0 Å². The molecule has 0 aromatic rings. The SMILES string of the molecule is CC(C)CNCC(C)C(C)N1CCC(N2CCCCC2)C1. The van der Waals surface area contributed by atoms with Gasteiger partial charge in [0.1, 0.15) is 0 Å². The maximum absolute atomic E-state index is 3.63. The van der Waals surface area contributed by atoms with Gasteiger partial charge in [0.2, 0.25) is 0 Å². The van der Waals surface area contributed by atoms with Gasteiger partial charge in [-0.2, -0.15) is 0 Å². The second-order valence-electron chi connectivity index (χ2n) is 7.80. The van der Waals surface area contributed by atoms with Crippen LogP contribution in [0.4, 0.5) is 0 Å². The molecule has 2 aliphatic rings. The number of hydrogen-bond acceptors (Lipinski definition) is 3. The van der Waals surface area contributed by atoms with Gasteiger partial charge in [0.25, 0.3) is 0 Å². The Kier molecular flexibility index (Phi) is 6.97. The third-order valence-corrected chi connectivity index (χ3v) is 5.52. The lowest BCUT2D eigenvalue weighted by Gasteiger charge is -2.34. The van der Waals surface area contributed by atoms with E-state index in [0.717, 1.165) is 31.0 Å². The fraction of sp³-hybridized carbons (Fsp3) is 1.00. The number of likely N-dealkylation sites (tertiary alicyclic amines) is 2. The minimum atomic E-state index is 0.708. The average Bonchev–Trinajstić information content (AvgIpc) is 2.96. The molecular weight excluding hydrogens is 258 g/mol. The van der Waals surface area contributed by atoms with Crippen molar-refractivity contribution in [1.29, 1.82) is 0 Å². The highest BCUT2D eigenvalue weighted by atomic mass is 15.3. The van der Waals surface area contributed by atoms with Gasteiger partial charge in [-0.3, -0.25) is 9.80 Å². The Morgan fingerprint density at radius 3 is 2.33 bits per heavy atom. The lowest BCUT2D eigenvalue weighted by molar-refractivity contribution is 0.141. The van der Waals surface area contributed by atoms with Crippen LogP contribution in [0, 0.1) is 11.8 Å². The zero-order chi connectivity index (χ0) is 15.2. The minimum Gasteiger partial charge on any atom is -0.316 e. The highest BCUT2D eigenvalue weighted by Gasteiger charge is 2.32. The second kappa shape index (κ2) is 8.50. The van der Waals surface area contributed by atoms with Crippen LogP contribution in [-0.2, 0) is 0 Å². The smallest absolute Gasteiger partial charge is 0.0235 e. The summed E-state index contributed by atoms with van der Waals surface area (Å²) in [6, 6.07) is 1.54. The summed E-state index contributed by atoms with van der Waals surface area (Å²) in [6.45, 7) is 17.0. The lowest BCUT2D eigenvalue weighted by Crippen LogP contribution is -2.44. The topological polar surface area (TPSA) is 18.5 Å². The second-order valence-corrected chi connectivity index (χ2v) is 7.80. The van der Waals surface area contributed by atoms with Crippen molar-refractivity contribution in [3.63, 3.8) is 0 Å².